The van der Waals surface area contributed by atoms with Crippen LogP contribution in [0.5, 0.6) is 5.75 Å². The Morgan fingerprint density at radius 3 is 2.41 bits per heavy atom. The molecule has 0 radical (unpaired) electrons. The zero-order valence-electron chi connectivity index (χ0n) is 23.1. The molecule has 6 heteroatoms. The molecule has 0 saturated heterocycles. The summed E-state index contributed by atoms with van der Waals surface area (Å²) in [5, 5.41) is 13.2. The third kappa shape index (κ3) is 10.4. The van der Waals surface area contributed by atoms with Gasteiger partial charge in [0.1, 0.15) is 11.5 Å². The van der Waals surface area contributed by atoms with E-state index < -0.39 is 6.10 Å². The van der Waals surface area contributed by atoms with Crippen molar-refractivity contribution < 1.29 is 24.2 Å². The molecule has 1 fully saturated rings. The Morgan fingerprint density at radius 2 is 1.67 bits per heavy atom. The number of aliphatic hydroxyl groups excluding tert-OH is 1. The molecule has 0 aromatic heterocycles. The number of carbonyl (C=O) groups excluding carboxylic acids is 3. The van der Waals surface area contributed by atoms with Gasteiger partial charge in [-0.1, -0.05) is 75.8 Å². The number of rotatable bonds is 16. The lowest BCUT2D eigenvalue weighted by atomic mass is 9.88. The van der Waals surface area contributed by atoms with E-state index in [9.17, 15) is 19.5 Å². The van der Waals surface area contributed by atoms with E-state index in [1.165, 1.54) is 19.3 Å². The van der Waals surface area contributed by atoms with Crippen LogP contribution in [0.2, 0.25) is 0 Å². The minimum absolute atomic E-state index is 0.0586. The Bertz CT molecular complexity index is 1060. The highest BCUT2D eigenvalue weighted by molar-refractivity contribution is 6.04. The number of carbonyl (C=O) groups is 3. The van der Waals surface area contributed by atoms with Crippen molar-refractivity contribution in [1.82, 2.24) is 0 Å². The van der Waals surface area contributed by atoms with Crippen LogP contribution in [0.3, 0.4) is 0 Å². The zero-order valence-corrected chi connectivity index (χ0v) is 23.1. The van der Waals surface area contributed by atoms with Crippen LogP contribution in [0, 0.1) is 11.8 Å². The summed E-state index contributed by atoms with van der Waals surface area (Å²) in [7, 11) is 0. The molecule has 0 bridgehead atoms. The van der Waals surface area contributed by atoms with Crippen LogP contribution in [0.15, 0.2) is 66.7 Å². The van der Waals surface area contributed by atoms with Gasteiger partial charge in [0.15, 0.2) is 0 Å². The van der Waals surface area contributed by atoms with E-state index in [4.69, 9.17) is 4.74 Å². The number of anilines is 1. The number of unbranched alkanes of at least 4 members (excludes halogenated alkanes) is 7. The highest BCUT2D eigenvalue weighted by Crippen LogP contribution is 2.34. The number of benzene rings is 2. The number of amides is 1. The molecular weight excluding hydrogens is 490 g/mol. The zero-order chi connectivity index (χ0) is 27.9. The first kappa shape index (κ1) is 30.3. The van der Waals surface area contributed by atoms with Gasteiger partial charge in [-0.2, -0.15) is 0 Å². The van der Waals surface area contributed by atoms with Crippen molar-refractivity contribution in [2.45, 2.75) is 90.1 Å². The Balaban J connectivity index is 1.30. The highest BCUT2D eigenvalue weighted by atomic mass is 16.5. The van der Waals surface area contributed by atoms with Crippen molar-refractivity contribution in [2.75, 3.05) is 5.32 Å². The third-order valence-corrected chi connectivity index (χ3v) is 7.34. The quantitative estimate of drug-likeness (QED) is 0.102. The molecule has 1 saturated carbocycles. The second-order valence-electron chi connectivity index (χ2n) is 10.5. The fourth-order valence-electron chi connectivity index (χ4n) is 5.10. The molecule has 3 rings (SSSR count). The van der Waals surface area contributed by atoms with E-state index in [2.05, 4.69) is 24.4 Å². The maximum atomic E-state index is 12.4. The van der Waals surface area contributed by atoms with Gasteiger partial charge >= 0.3 is 5.97 Å². The average molecular weight is 534 g/mol. The SMILES string of the molecule is CCCCCC/C=C/[C@H]1[C@H](O)CC(=O)[C@@H]1CCCCCCC(=O)Oc1ccc(NC(=O)c2ccccc2)cc1. The maximum Gasteiger partial charge on any atom is 0.311 e. The summed E-state index contributed by atoms with van der Waals surface area (Å²) in [6.07, 6.45) is 14.4. The van der Waals surface area contributed by atoms with Crippen molar-refractivity contribution in [1.29, 1.82) is 0 Å². The molecule has 39 heavy (non-hydrogen) atoms. The molecule has 210 valence electrons. The van der Waals surface area contributed by atoms with Gasteiger partial charge < -0.3 is 15.2 Å². The van der Waals surface area contributed by atoms with E-state index in [0.29, 0.717) is 23.4 Å². The van der Waals surface area contributed by atoms with Gasteiger partial charge in [0, 0.05) is 35.9 Å². The van der Waals surface area contributed by atoms with E-state index >= 15 is 0 Å². The lowest BCUT2D eigenvalue weighted by Crippen LogP contribution is -2.18. The van der Waals surface area contributed by atoms with Crippen LogP contribution in [0.25, 0.3) is 0 Å². The van der Waals surface area contributed by atoms with Gasteiger partial charge in [0.05, 0.1) is 6.10 Å². The second-order valence-corrected chi connectivity index (χ2v) is 10.5. The van der Waals surface area contributed by atoms with Crippen LogP contribution in [-0.2, 0) is 9.59 Å². The van der Waals surface area contributed by atoms with Crippen LogP contribution in [-0.4, -0.2) is 28.9 Å². The Hall–Kier alpha value is -3.25. The molecule has 2 aromatic rings. The normalized spacial score (nSPS) is 18.9. The minimum Gasteiger partial charge on any atom is -0.427 e. The van der Waals surface area contributed by atoms with Gasteiger partial charge in [-0.3, -0.25) is 14.4 Å². The largest absolute Gasteiger partial charge is 0.427 e. The molecule has 2 N–H and O–H groups in total. The van der Waals surface area contributed by atoms with Crippen LogP contribution in [0.4, 0.5) is 5.69 Å². The molecule has 0 heterocycles. The number of ketones is 1. The van der Waals surface area contributed by atoms with Crippen LogP contribution >= 0.6 is 0 Å². The maximum absolute atomic E-state index is 12.4. The second kappa shape index (κ2) is 16.7. The lowest BCUT2D eigenvalue weighted by molar-refractivity contribution is -0.134. The average Bonchev–Trinajstić information content (AvgIpc) is 3.21. The van der Waals surface area contributed by atoms with Crippen molar-refractivity contribution in [3.63, 3.8) is 0 Å². The number of esters is 1. The predicted molar refractivity (Wildman–Crippen MR) is 155 cm³/mol. The molecule has 3 atom stereocenters. The fourth-order valence-corrected chi connectivity index (χ4v) is 5.10. The number of Topliss-reactive ketones (excluding diaryl/α,β-unsaturated/α-hetero) is 1. The summed E-state index contributed by atoms with van der Waals surface area (Å²) < 4.78 is 5.42. The molecule has 1 aliphatic carbocycles. The number of allylic oxidation sites excluding steroid dienone is 1. The van der Waals surface area contributed by atoms with Crippen LogP contribution < -0.4 is 10.1 Å². The first-order valence-electron chi connectivity index (χ1n) is 14.5. The van der Waals surface area contributed by atoms with Crippen molar-refractivity contribution >= 4 is 23.3 Å². The molecule has 1 aliphatic rings. The summed E-state index contributed by atoms with van der Waals surface area (Å²) in [6.45, 7) is 2.20. The Kier molecular flexibility index (Phi) is 12.9. The third-order valence-electron chi connectivity index (χ3n) is 7.34. The van der Waals surface area contributed by atoms with Gasteiger partial charge in [-0.25, -0.2) is 0 Å². The standard InChI is InChI=1S/C33H43NO5/c1-2-3-4-5-6-12-17-28-29(31(36)24-30(28)35)18-13-7-8-14-19-32(37)39-27-22-20-26(21-23-27)34-33(38)25-15-10-9-11-16-25/h9-12,15-17,20-23,28-30,35H,2-8,13-14,18-19,24H2,1H3,(H,34,38)/b17-12+/t28-,29-,30-/m1/s1. The van der Waals surface area contributed by atoms with E-state index in [0.717, 1.165) is 44.9 Å². The predicted octanol–water partition coefficient (Wildman–Crippen LogP) is 7.28. The molecule has 6 nitrogen and oxygen atoms in total. The summed E-state index contributed by atoms with van der Waals surface area (Å²) in [4.78, 5) is 36.9. The van der Waals surface area contributed by atoms with Crippen molar-refractivity contribution in [3.05, 3.63) is 72.3 Å². The first-order chi connectivity index (χ1) is 19.0. The summed E-state index contributed by atoms with van der Waals surface area (Å²) in [5.74, 6) is -0.000229. The lowest BCUT2D eigenvalue weighted by Gasteiger charge is -2.17. The number of hydrogen-bond donors (Lipinski definition) is 2. The van der Waals surface area contributed by atoms with E-state index in [1.807, 2.05) is 18.2 Å². The summed E-state index contributed by atoms with van der Waals surface area (Å²) in [6, 6.07) is 15.7. The van der Waals surface area contributed by atoms with Crippen molar-refractivity contribution in [3.8, 4) is 5.75 Å². The van der Waals surface area contributed by atoms with Gasteiger partial charge in [0.25, 0.3) is 5.91 Å². The fraction of sp³-hybridized carbons (Fsp3) is 0.485. The molecule has 1 amide bonds. The Labute approximate surface area is 232 Å². The number of aliphatic hydroxyl groups is 1. The topological polar surface area (TPSA) is 92.7 Å². The van der Waals surface area contributed by atoms with Gasteiger partial charge in [0.2, 0.25) is 0 Å². The smallest absolute Gasteiger partial charge is 0.311 e. The summed E-state index contributed by atoms with van der Waals surface area (Å²) >= 11 is 0. The molecular formula is C33H43NO5. The van der Waals surface area contributed by atoms with E-state index in [-0.39, 0.29) is 35.9 Å². The summed E-state index contributed by atoms with van der Waals surface area (Å²) in [5.41, 5.74) is 1.20. The first-order valence-corrected chi connectivity index (χ1v) is 14.5. The number of hydrogen-bond acceptors (Lipinski definition) is 5. The molecule has 0 unspecified atom stereocenters. The monoisotopic (exact) mass is 533 g/mol. The van der Waals surface area contributed by atoms with Crippen molar-refractivity contribution in [2.24, 2.45) is 11.8 Å². The molecule has 0 spiro atoms. The Morgan fingerprint density at radius 1 is 0.949 bits per heavy atom. The van der Waals surface area contributed by atoms with E-state index in [1.54, 1.807) is 36.4 Å². The number of ether oxygens (including phenoxy) is 1. The van der Waals surface area contributed by atoms with Crippen LogP contribution in [0.1, 0.15) is 94.3 Å². The highest BCUT2D eigenvalue weighted by Gasteiger charge is 2.39. The molecule has 2 aromatic carbocycles. The molecule has 0 aliphatic heterocycles. The minimum atomic E-state index is -0.557. The van der Waals surface area contributed by atoms with Gasteiger partial charge in [-0.15, -0.1) is 0 Å². The number of nitrogens with one attached hydrogen (secondary N) is 1. The van der Waals surface area contributed by atoms with Gasteiger partial charge in [-0.05, 0) is 62.1 Å².